The lowest BCUT2D eigenvalue weighted by Gasteiger charge is -2.20. The molecule has 0 amide bonds. The number of hydrogen-bond acceptors (Lipinski definition) is 3. The van der Waals surface area contributed by atoms with Gasteiger partial charge >= 0.3 is 6.18 Å². The number of thiophene rings is 1. The lowest BCUT2D eigenvalue weighted by molar-refractivity contribution is -0.172. The molecule has 0 saturated carbocycles. The van der Waals surface area contributed by atoms with Gasteiger partial charge in [-0.1, -0.05) is 19.9 Å². The largest absolute Gasteiger partial charge is 0.396 e. The molecule has 0 radical (unpaired) electrons. The number of anilines is 1. The summed E-state index contributed by atoms with van der Waals surface area (Å²) in [5, 5.41) is 4.63. The molecular formula is C25H25F4N3S. The lowest BCUT2D eigenvalue weighted by Crippen LogP contribution is -2.21. The number of nitrogens with two attached hydrogens (primary N) is 1. The van der Waals surface area contributed by atoms with E-state index in [1.54, 1.807) is 49.6 Å². The first-order valence-corrected chi connectivity index (χ1v) is 11.6. The SMILES string of the molecule is Cc1cc2c(cc1F)c(N)c(-c1ccc(C(C)CC(C)C(F)(F)F)cn1)n2-c1cscc1C. The van der Waals surface area contributed by atoms with Gasteiger partial charge in [-0.2, -0.15) is 13.2 Å². The molecule has 0 aliphatic rings. The van der Waals surface area contributed by atoms with E-state index in [1.807, 2.05) is 22.3 Å². The molecule has 4 rings (SSSR count). The Balaban J connectivity index is 1.82. The summed E-state index contributed by atoms with van der Waals surface area (Å²) in [6.07, 6.45) is -2.63. The number of pyridine rings is 1. The number of aromatic nitrogens is 2. The van der Waals surface area contributed by atoms with E-state index in [-0.39, 0.29) is 18.2 Å². The summed E-state index contributed by atoms with van der Waals surface area (Å²) in [4.78, 5) is 4.57. The molecule has 0 saturated heterocycles. The average Bonchev–Trinajstić information content (AvgIpc) is 3.28. The first kappa shape index (κ1) is 23.3. The summed E-state index contributed by atoms with van der Waals surface area (Å²) >= 11 is 1.56. The van der Waals surface area contributed by atoms with Gasteiger partial charge in [0.2, 0.25) is 0 Å². The standard InChI is InChI=1S/C25H25F4N3S/c1-13(7-16(4)25(27,28)29)17-5-6-20(31-10-17)24-23(30)18-9-19(26)14(2)8-21(18)32(24)22-12-33-11-15(22)3/h5-6,8-13,16H,7,30H2,1-4H3. The van der Waals surface area contributed by atoms with Crippen molar-refractivity contribution in [1.82, 2.24) is 9.55 Å². The number of benzene rings is 1. The molecule has 3 aromatic heterocycles. The maximum Gasteiger partial charge on any atom is 0.391 e. The second kappa shape index (κ2) is 8.48. The van der Waals surface area contributed by atoms with E-state index >= 15 is 0 Å². The normalized spacial score (nSPS) is 14.1. The third kappa shape index (κ3) is 4.24. The number of nitrogen functional groups attached to an aromatic ring is 1. The molecule has 0 bridgehead atoms. The summed E-state index contributed by atoms with van der Waals surface area (Å²) in [6, 6.07) is 6.78. The predicted octanol–water partition coefficient (Wildman–Crippen LogP) is 7.78. The third-order valence-corrected chi connectivity index (χ3v) is 7.07. The Morgan fingerprint density at radius 3 is 2.39 bits per heavy atom. The van der Waals surface area contributed by atoms with Crippen LogP contribution in [0.5, 0.6) is 0 Å². The molecular weight excluding hydrogens is 450 g/mol. The Bertz CT molecular complexity index is 1300. The van der Waals surface area contributed by atoms with Crippen LogP contribution in [0.15, 0.2) is 41.2 Å². The number of fused-ring (bicyclic) bond motifs is 1. The van der Waals surface area contributed by atoms with Crippen LogP contribution in [0.4, 0.5) is 23.2 Å². The molecule has 2 atom stereocenters. The molecule has 2 N–H and O–H groups in total. The van der Waals surface area contributed by atoms with E-state index in [1.165, 1.54) is 13.0 Å². The summed E-state index contributed by atoms with van der Waals surface area (Å²) in [5.74, 6) is -2.04. The Labute approximate surface area is 193 Å². The number of halogens is 4. The summed E-state index contributed by atoms with van der Waals surface area (Å²) in [5.41, 5.74) is 12.1. The molecule has 33 heavy (non-hydrogen) atoms. The predicted molar refractivity (Wildman–Crippen MR) is 126 cm³/mol. The van der Waals surface area contributed by atoms with Gasteiger partial charge in [0.25, 0.3) is 0 Å². The van der Waals surface area contributed by atoms with Gasteiger partial charge < -0.3 is 10.3 Å². The molecule has 0 spiro atoms. The van der Waals surface area contributed by atoms with Crippen molar-refractivity contribution >= 4 is 27.9 Å². The molecule has 8 heteroatoms. The first-order chi connectivity index (χ1) is 15.5. The lowest BCUT2D eigenvalue weighted by atomic mass is 9.91. The van der Waals surface area contributed by atoms with Crippen molar-refractivity contribution in [2.45, 2.75) is 46.2 Å². The van der Waals surface area contributed by atoms with E-state index < -0.39 is 12.1 Å². The number of hydrogen-bond donors (Lipinski definition) is 1. The van der Waals surface area contributed by atoms with E-state index in [0.29, 0.717) is 28.0 Å². The highest BCUT2D eigenvalue weighted by atomic mass is 32.1. The van der Waals surface area contributed by atoms with Crippen LogP contribution in [-0.4, -0.2) is 15.7 Å². The van der Waals surface area contributed by atoms with Crippen LogP contribution in [-0.2, 0) is 0 Å². The quantitative estimate of drug-likeness (QED) is 0.300. The fourth-order valence-electron chi connectivity index (χ4n) is 4.16. The van der Waals surface area contributed by atoms with Gasteiger partial charge in [0.15, 0.2) is 0 Å². The Kier molecular flexibility index (Phi) is 5.99. The van der Waals surface area contributed by atoms with Crippen molar-refractivity contribution in [1.29, 1.82) is 0 Å². The second-order valence-corrected chi connectivity index (χ2v) is 9.46. The van der Waals surface area contributed by atoms with Crippen LogP contribution >= 0.6 is 11.3 Å². The molecule has 2 unspecified atom stereocenters. The molecule has 4 aromatic rings. The van der Waals surface area contributed by atoms with Gasteiger partial charge in [0.05, 0.1) is 34.2 Å². The van der Waals surface area contributed by atoms with Crippen molar-refractivity contribution in [3.05, 3.63) is 63.7 Å². The maximum atomic E-state index is 14.4. The highest BCUT2D eigenvalue weighted by Crippen LogP contribution is 2.40. The van der Waals surface area contributed by atoms with E-state index in [2.05, 4.69) is 4.98 Å². The minimum atomic E-state index is -4.22. The molecule has 0 fully saturated rings. The van der Waals surface area contributed by atoms with E-state index in [0.717, 1.165) is 22.3 Å². The minimum absolute atomic E-state index is 0.0143. The number of rotatable bonds is 5. The van der Waals surface area contributed by atoms with Crippen molar-refractivity contribution in [2.24, 2.45) is 5.92 Å². The zero-order valence-electron chi connectivity index (χ0n) is 18.8. The summed E-state index contributed by atoms with van der Waals surface area (Å²) < 4.78 is 55.3. The monoisotopic (exact) mass is 475 g/mol. The van der Waals surface area contributed by atoms with Crippen LogP contribution in [0.25, 0.3) is 28.0 Å². The van der Waals surface area contributed by atoms with Gasteiger partial charge in [-0.3, -0.25) is 4.98 Å². The smallest absolute Gasteiger partial charge is 0.391 e. The van der Waals surface area contributed by atoms with Crippen molar-refractivity contribution in [3.8, 4) is 17.1 Å². The van der Waals surface area contributed by atoms with Gasteiger partial charge in [0.1, 0.15) is 5.82 Å². The maximum absolute atomic E-state index is 14.4. The van der Waals surface area contributed by atoms with Gasteiger partial charge in [-0.15, -0.1) is 11.3 Å². The number of nitrogens with zero attached hydrogens (tertiary/aromatic N) is 2. The van der Waals surface area contributed by atoms with Crippen molar-refractivity contribution < 1.29 is 17.6 Å². The topological polar surface area (TPSA) is 43.8 Å². The summed E-state index contributed by atoms with van der Waals surface area (Å²) in [7, 11) is 0. The van der Waals surface area contributed by atoms with Crippen LogP contribution < -0.4 is 5.73 Å². The Morgan fingerprint density at radius 2 is 1.82 bits per heavy atom. The van der Waals surface area contributed by atoms with E-state index in [4.69, 9.17) is 5.73 Å². The second-order valence-electron chi connectivity index (χ2n) is 8.71. The molecule has 1 aromatic carbocycles. The van der Waals surface area contributed by atoms with E-state index in [9.17, 15) is 17.6 Å². The highest BCUT2D eigenvalue weighted by Gasteiger charge is 2.36. The van der Waals surface area contributed by atoms with Crippen LogP contribution in [0.1, 0.15) is 42.9 Å². The molecule has 3 heterocycles. The van der Waals surface area contributed by atoms with Gasteiger partial charge in [0, 0.05) is 17.0 Å². The van der Waals surface area contributed by atoms with Crippen LogP contribution in [0.2, 0.25) is 0 Å². The molecule has 174 valence electrons. The number of alkyl halides is 3. The number of aryl methyl sites for hydroxylation is 2. The molecule has 0 aliphatic heterocycles. The van der Waals surface area contributed by atoms with Crippen LogP contribution in [0, 0.1) is 25.6 Å². The Hall–Kier alpha value is -2.87. The van der Waals surface area contributed by atoms with Gasteiger partial charge in [-0.25, -0.2) is 4.39 Å². The van der Waals surface area contributed by atoms with Crippen molar-refractivity contribution in [3.63, 3.8) is 0 Å². The summed E-state index contributed by atoms with van der Waals surface area (Å²) in [6.45, 7) is 6.67. The first-order valence-electron chi connectivity index (χ1n) is 10.6. The fourth-order valence-corrected chi connectivity index (χ4v) is 4.97. The fraction of sp³-hybridized carbons (Fsp3) is 0.320. The average molecular weight is 476 g/mol. The highest BCUT2D eigenvalue weighted by molar-refractivity contribution is 7.08. The van der Waals surface area contributed by atoms with Gasteiger partial charge in [-0.05, 0) is 66.5 Å². The molecule has 0 aliphatic carbocycles. The minimum Gasteiger partial charge on any atom is -0.396 e. The zero-order chi connectivity index (χ0) is 24.1. The van der Waals surface area contributed by atoms with Crippen molar-refractivity contribution in [2.75, 3.05) is 5.73 Å². The van der Waals surface area contributed by atoms with Crippen LogP contribution in [0.3, 0.4) is 0 Å². The molecule has 3 nitrogen and oxygen atoms in total. The zero-order valence-corrected chi connectivity index (χ0v) is 19.6. The third-order valence-electron chi connectivity index (χ3n) is 6.22. The Morgan fingerprint density at radius 1 is 1.09 bits per heavy atom.